The first-order chi connectivity index (χ1) is 5.45. The van der Waals surface area contributed by atoms with Crippen molar-refractivity contribution >= 4 is 11.8 Å². The van der Waals surface area contributed by atoms with Gasteiger partial charge >= 0.3 is 0 Å². The van der Waals surface area contributed by atoms with E-state index < -0.39 is 0 Å². The molecule has 56 valence electrons. The van der Waals surface area contributed by atoms with E-state index in [9.17, 15) is 0 Å². The molecule has 0 spiro atoms. The maximum absolute atomic E-state index is 4.50. The molecule has 0 aliphatic carbocycles. The van der Waals surface area contributed by atoms with Gasteiger partial charge in [-0.25, -0.2) is 0 Å². The van der Waals surface area contributed by atoms with E-state index in [1.807, 2.05) is 0 Å². The molecular formula is C4H2N4O2S. The van der Waals surface area contributed by atoms with Gasteiger partial charge < -0.3 is 9.05 Å². The Morgan fingerprint density at radius 3 is 1.91 bits per heavy atom. The summed E-state index contributed by atoms with van der Waals surface area (Å²) in [6.07, 6.45) is 2.48. The third kappa shape index (κ3) is 1.37. The van der Waals surface area contributed by atoms with E-state index in [4.69, 9.17) is 0 Å². The number of nitrogens with zero attached hydrogens (tertiary/aromatic N) is 4. The first-order valence-electron chi connectivity index (χ1n) is 2.66. The monoisotopic (exact) mass is 170 g/mol. The molecule has 2 rings (SSSR count). The molecular weight excluding hydrogens is 168 g/mol. The van der Waals surface area contributed by atoms with E-state index in [2.05, 4.69) is 29.3 Å². The highest BCUT2D eigenvalue weighted by atomic mass is 32.2. The van der Waals surface area contributed by atoms with E-state index in [0.717, 1.165) is 0 Å². The highest BCUT2D eigenvalue weighted by Gasteiger charge is 2.04. The van der Waals surface area contributed by atoms with Crippen molar-refractivity contribution in [2.24, 2.45) is 0 Å². The van der Waals surface area contributed by atoms with Gasteiger partial charge in [-0.3, -0.25) is 0 Å². The highest BCUT2D eigenvalue weighted by Crippen LogP contribution is 2.18. The first-order valence-corrected chi connectivity index (χ1v) is 3.47. The number of rotatable bonds is 2. The zero-order chi connectivity index (χ0) is 7.52. The third-order valence-electron chi connectivity index (χ3n) is 0.865. The lowest BCUT2D eigenvalue weighted by Crippen LogP contribution is -1.76. The van der Waals surface area contributed by atoms with Gasteiger partial charge in [0.2, 0.25) is 23.1 Å². The van der Waals surface area contributed by atoms with Crippen LogP contribution in [0.2, 0.25) is 0 Å². The molecule has 0 bridgehead atoms. The second-order valence-corrected chi connectivity index (χ2v) is 2.46. The normalized spacial score (nSPS) is 10.2. The van der Waals surface area contributed by atoms with Crippen molar-refractivity contribution < 1.29 is 9.05 Å². The molecule has 0 fully saturated rings. The van der Waals surface area contributed by atoms with Crippen molar-refractivity contribution in [2.75, 3.05) is 0 Å². The van der Waals surface area contributed by atoms with Gasteiger partial charge in [0.25, 0.3) is 0 Å². The highest BCUT2D eigenvalue weighted by molar-refractivity contribution is 7.99. The fourth-order valence-electron chi connectivity index (χ4n) is 0.493. The van der Waals surface area contributed by atoms with Crippen LogP contribution in [0, 0.1) is 0 Å². The predicted molar refractivity (Wildman–Crippen MR) is 32.7 cm³/mol. The first kappa shape index (κ1) is 6.35. The number of aromatic nitrogens is 4. The maximum Gasteiger partial charge on any atom is 0.237 e. The van der Waals surface area contributed by atoms with Crippen molar-refractivity contribution in [3.63, 3.8) is 0 Å². The smallest absolute Gasteiger partial charge is 0.237 e. The van der Waals surface area contributed by atoms with Gasteiger partial charge in [-0.05, 0) is 11.8 Å². The standard InChI is InChI=1S/C4H2N4O2S/c1-5-3(7-9-1)11-4-6-2-10-8-4/h1-2H. The van der Waals surface area contributed by atoms with Crippen LogP contribution in [0.4, 0.5) is 0 Å². The molecule has 0 aliphatic heterocycles. The Bertz CT molecular complexity index is 272. The van der Waals surface area contributed by atoms with E-state index in [1.165, 1.54) is 24.5 Å². The molecule has 0 unspecified atom stereocenters. The maximum atomic E-state index is 4.50. The largest absolute Gasteiger partial charge is 0.342 e. The fraction of sp³-hybridized carbons (Fsp3) is 0. The van der Waals surface area contributed by atoms with Crippen LogP contribution < -0.4 is 0 Å². The second kappa shape index (κ2) is 2.70. The quantitative estimate of drug-likeness (QED) is 0.653. The molecule has 0 atom stereocenters. The van der Waals surface area contributed by atoms with Crippen molar-refractivity contribution in [1.29, 1.82) is 0 Å². The molecule has 0 saturated heterocycles. The average Bonchev–Trinajstić information content (AvgIpc) is 2.60. The summed E-state index contributed by atoms with van der Waals surface area (Å²) in [6, 6.07) is 0. The van der Waals surface area contributed by atoms with Crippen molar-refractivity contribution in [3.05, 3.63) is 12.8 Å². The van der Waals surface area contributed by atoms with Crippen LogP contribution in [0.1, 0.15) is 0 Å². The molecule has 0 amide bonds. The van der Waals surface area contributed by atoms with Gasteiger partial charge in [0.05, 0.1) is 0 Å². The summed E-state index contributed by atoms with van der Waals surface area (Å²) in [5, 5.41) is 8.02. The summed E-state index contributed by atoms with van der Waals surface area (Å²) in [5.41, 5.74) is 0. The van der Waals surface area contributed by atoms with Crippen molar-refractivity contribution in [1.82, 2.24) is 20.3 Å². The van der Waals surface area contributed by atoms with Crippen LogP contribution in [0.5, 0.6) is 0 Å². The minimum Gasteiger partial charge on any atom is -0.342 e. The molecule has 0 aliphatic rings. The Kier molecular flexibility index (Phi) is 1.56. The lowest BCUT2D eigenvalue weighted by Gasteiger charge is -1.81. The fourth-order valence-corrected chi connectivity index (χ4v) is 1.01. The molecule has 2 heterocycles. The average molecular weight is 170 g/mol. The summed E-state index contributed by atoms with van der Waals surface area (Å²) < 4.78 is 8.99. The van der Waals surface area contributed by atoms with Gasteiger partial charge in [-0.2, -0.15) is 9.97 Å². The second-order valence-electron chi connectivity index (χ2n) is 1.53. The summed E-state index contributed by atoms with van der Waals surface area (Å²) >= 11 is 1.17. The predicted octanol–water partition coefficient (Wildman–Crippen LogP) is 0.604. The van der Waals surface area contributed by atoms with Gasteiger partial charge in [-0.15, -0.1) is 0 Å². The van der Waals surface area contributed by atoms with Crippen LogP contribution in [-0.4, -0.2) is 20.3 Å². The summed E-state index contributed by atoms with van der Waals surface area (Å²) in [5.74, 6) is 0. The summed E-state index contributed by atoms with van der Waals surface area (Å²) in [6.45, 7) is 0. The van der Waals surface area contributed by atoms with Crippen molar-refractivity contribution in [3.8, 4) is 0 Å². The van der Waals surface area contributed by atoms with Crippen LogP contribution in [-0.2, 0) is 0 Å². The molecule has 0 aromatic carbocycles. The van der Waals surface area contributed by atoms with Crippen LogP contribution in [0.3, 0.4) is 0 Å². The number of hydrogen-bond acceptors (Lipinski definition) is 7. The van der Waals surface area contributed by atoms with Gasteiger partial charge in [0.1, 0.15) is 0 Å². The Hall–Kier alpha value is -1.37. The molecule has 2 aromatic heterocycles. The molecule has 6 nitrogen and oxygen atoms in total. The lowest BCUT2D eigenvalue weighted by molar-refractivity contribution is 0.399. The van der Waals surface area contributed by atoms with Crippen LogP contribution in [0.15, 0.2) is 32.1 Å². The minimum atomic E-state index is 0.464. The van der Waals surface area contributed by atoms with E-state index in [1.54, 1.807) is 0 Å². The SMILES string of the molecule is c1nc(Sc2ncon2)no1. The molecule has 0 radical (unpaired) electrons. The number of hydrogen-bond donors (Lipinski definition) is 0. The Labute approximate surface area is 65.0 Å². The molecule has 2 aromatic rings. The van der Waals surface area contributed by atoms with E-state index >= 15 is 0 Å². The molecule has 0 saturated carbocycles. The topological polar surface area (TPSA) is 77.8 Å². The Morgan fingerprint density at radius 1 is 1.00 bits per heavy atom. The molecule has 7 heteroatoms. The zero-order valence-electron chi connectivity index (χ0n) is 5.17. The lowest BCUT2D eigenvalue weighted by atomic mass is 11.3. The molecule has 11 heavy (non-hydrogen) atoms. The van der Waals surface area contributed by atoms with Crippen molar-refractivity contribution in [2.45, 2.75) is 10.3 Å². The third-order valence-corrected chi connectivity index (χ3v) is 1.59. The van der Waals surface area contributed by atoms with Gasteiger partial charge in [0.15, 0.2) is 0 Å². The van der Waals surface area contributed by atoms with Gasteiger partial charge in [0, 0.05) is 0 Å². The summed E-state index contributed by atoms with van der Waals surface area (Å²) in [7, 11) is 0. The zero-order valence-corrected chi connectivity index (χ0v) is 5.98. The van der Waals surface area contributed by atoms with Gasteiger partial charge in [-0.1, -0.05) is 10.3 Å². The Balaban J connectivity index is 2.14. The van der Waals surface area contributed by atoms with Crippen LogP contribution in [0.25, 0.3) is 0 Å². The van der Waals surface area contributed by atoms with E-state index in [-0.39, 0.29) is 0 Å². The minimum absolute atomic E-state index is 0.464. The molecule has 0 N–H and O–H groups in total. The summed E-state index contributed by atoms with van der Waals surface area (Å²) in [4.78, 5) is 7.51. The Morgan fingerprint density at radius 2 is 1.55 bits per heavy atom. The van der Waals surface area contributed by atoms with Crippen LogP contribution >= 0.6 is 11.8 Å². The van der Waals surface area contributed by atoms with E-state index in [0.29, 0.717) is 10.3 Å².